The molecule has 0 bridgehead atoms. The van der Waals surface area contributed by atoms with Gasteiger partial charge in [0.2, 0.25) is 6.17 Å². The number of nitrogens with zero attached hydrogens (tertiary/aromatic N) is 2. The van der Waals surface area contributed by atoms with Crippen molar-refractivity contribution in [3.05, 3.63) is 0 Å². The number of likely N-dealkylation sites (N-methyl/N-ethyl adjacent to an activating group) is 2. The fourth-order valence-electron chi connectivity index (χ4n) is 4.02. The number of hydrogen-bond donors (Lipinski definition) is 0. The standard InChI is InChI=1S/C19H44N2O.2ClH/c1-10-11-12-13-14-15-16-17(2)22-18(3)19(20(4,5)6)21(7,8)9;;/h17-19H,10-16H2,1-9H3;2*1H/q+2;;/p-2. The lowest BCUT2D eigenvalue weighted by atomic mass is 10.1. The molecule has 2 atom stereocenters. The molecule has 0 aromatic rings. The summed E-state index contributed by atoms with van der Waals surface area (Å²) in [5.41, 5.74) is 0. The summed E-state index contributed by atoms with van der Waals surface area (Å²) >= 11 is 0. The largest absolute Gasteiger partial charge is 1.00 e. The van der Waals surface area contributed by atoms with E-state index >= 15 is 0 Å². The van der Waals surface area contributed by atoms with Gasteiger partial charge < -0.3 is 29.6 Å². The molecule has 0 rings (SSSR count). The van der Waals surface area contributed by atoms with E-state index in [9.17, 15) is 0 Å². The highest BCUT2D eigenvalue weighted by atomic mass is 35.5. The second-order valence-corrected chi connectivity index (χ2v) is 8.85. The highest BCUT2D eigenvalue weighted by Crippen LogP contribution is 2.21. The average Bonchev–Trinajstić information content (AvgIpc) is 2.29. The lowest BCUT2D eigenvalue weighted by Crippen LogP contribution is -3.00. The van der Waals surface area contributed by atoms with Gasteiger partial charge in [0.1, 0.15) is 0 Å². The van der Waals surface area contributed by atoms with E-state index in [-0.39, 0.29) is 30.9 Å². The molecule has 0 spiro atoms. The Morgan fingerprint density at radius 1 is 0.708 bits per heavy atom. The van der Waals surface area contributed by atoms with E-state index < -0.39 is 0 Å². The lowest BCUT2D eigenvalue weighted by Gasteiger charge is -2.45. The zero-order valence-electron chi connectivity index (χ0n) is 17.7. The van der Waals surface area contributed by atoms with Crippen molar-refractivity contribution in [3.8, 4) is 0 Å². The SMILES string of the molecule is CCCCCCCCC(C)OC(C)C([N+](C)(C)C)[N+](C)(C)C.[Cl-].[Cl-]. The molecule has 0 radical (unpaired) electrons. The van der Waals surface area contributed by atoms with Gasteiger partial charge in [-0.15, -0.1) is 0 Å². The molecule has 5 heteroatoms. The fraction of sp³-hybridized carbons (Fsp3) is 1.00. The summed E-state index contributed by atoms with van der Waals surface area (Å²) in [4.78, 5) is 0. The third-order valence-electron chi connectivity index (χ3n) is 4.42. The summed E-state index contributed by atoms with van der Waals surface area (Å²) in [7, 11) is 13.6. The van der Waals surface area contributed by atoms with Crippen molar-refractivity contribution in [2.45, 2.75) is 84.1 Å². The minimum atomic E-state index is 0. The molecule has 0 N–H and O–H groups in total. The predicted octanol–water partition coefficient (Wildman–Crippen LogP) is -1.72. The van der Waals surface area contributed by atoms with E-state index in [0.29, 0.717) is 12.3 Å². The maximum atomic E-state index is 6.36. The minimum Gasteiger partial charge on any atom is -1.00 e. The Labute approximate surface area is 165 Å². The zero-order valence-corrected chi connectivity index (χ0v) is 19.3. The van der Waals surface area contributed by atoms with Crippen LogP contribution < -0.4 is 24.8 Å². The molecule has 0 aromatic carbocycles. The highest BCUT2D eigenvalue weighted by Gasteiger charge is 2.42. The molecule has 150 valence electrons. The van der Waals surface area contributed by atoms with Gasteiger partial charge in [-0.3, -0.25) is 8.97 Å². The van der Waals surface area contributed by atoms with Crippen LogP contribution in [0, 0.1) is 0 Å². The number of ether oxygens (including phenoxy) is 1. The van der Waals surface area contributed by atoms with Crippen molar-refractivity contribution in [1.82, 2.24) is 0 Å². The van der Waals surface area contributed by atoms with Gasteiger partial charge in [0, 0.05) is 0 Å². The van der Waals surface area contributed by atoms with Crippen molar-refractivity contribution in [1.29, 1.82) is 0 Å². The monoisotopic (exact) mass is 386 g/mol. The van der Waals surface area contributed by atoms with E-state index in [1.807, 2.05) is 0 Å². The van der Waals surface area contributed by atoms with Gasteiger partial charge in [-0.2, -0.15) is 0 Å². The van der Waals surface area contributed by atoms with Crippen LogP contribution in [-0.2, 0) is 4.74 Å². The Morgan fingerprint density at radius 2 is 1.12 bits per heavy atom. The molecule has 0 heterocycles. The van der Waals surface area contributed by atoms with Crippen molar-refractivity contribution in [2.75, 3.05) is 42.3 Å². The first-order valence-electron chi connectivity index (χ1n) is 9.27. The molecule has 0 aliphatic rings. The van der Waals surface area contributed by atoms with Crippen molar-refractivity contribution in [2.24, 2.45) is 0 Å². The second kappa shape index (κ2) is 13.6. The second-order valence-electron chi connectivity index (χ2n) is 8.85. The summed E-state index contributed by atoms with van der Waals surface area (Å²) in [5, 5.41) is 0. The molecular formula is C19H44Cl2N2O. The predicted molar refractivity (Wildman–Crippen MR) is 97.9 cm³/mol. The Hall–Kier alpha value is 0.460. The van der Waals surface area contributed by atoms with Crippen LogP contribution in [0.15, 0.2) is 0 Å². The Balaban J connectivity index is -0.00000220. The quantitative estimate of drug-likeness (QED) is 0.220. The van der Waals surface area contributed by atoms with Crippen molar-refractivity contribution < 1.29 is 38.5 Å². The summed E-state index contributed by atoms with van der Waals surface area (Å²) in [6, 6.07) is 0. The van der Waals surface area contributed by atoms with E-state index in [2.05, 4.69) is 63.1 Å². The third-order valence-corrected chi connectivity index (χ3v) is 4.42. The van der Waals surface area contributed by atoms with E-state index in [1.165, 1.54) is 44.9 Å². The van der Waals surface area contributed by atoms with Crippen LogP contribution in [0.1, 0.15) is 65.7 Å². The molecule has 0 saturated carbocycles. The van der Waals surface area contributed by atoms with Gasteiger partial charge in [-0.1, -0.05) is 45.4 Å². The molecule has 0 fully saturated rings. The van der Waals surface area contributed by atoms with Crippen LogP contribution in [0.25, 0.3) is 0 Å². The topological polar surface area (TPSA) is 9.23 Å². The maximum Gasteiger partial charge on any atom is 0.241 e. The summed E-state index contributed by atoms with van der Waals surface area (Å²) < 4.78 is 8.21. The molecule has 0 saturated heterocycles. The first kappa shape index (κ1) is 29.2. The zero-order chi connectivity index (χ0) is 17.4. The summed E-state index contributed by atoms with van der Waals surface area (Å²) in [6.07, 6.45) is 10.4. The average molecular weight is 387 g/mol. The Bertz CT molecular complexity index is 274. The van der Waals surface area contributed by atoms with Gasteiger partial charge in [-0.05, 0) is 20.3 Å². The first-order chi connectivity index (χ1) is 10.00. The molecule has 3 nitrogen and oxygen atoms in total. The molecule has 0 amide bonds. The van der Waals surface area contributed by atoms with E-state index in [0.717, 1.165) is 8.97 Å². The molecule has 0 aliphatic heterocycles. The number of hydrogen-bond acceptors (Lipinski definition) is 1. The van der Waals surface area contributed by atoms with Crippen LogP contribution in [0.5, 0.6) is 0 Å². The van der Waals surface area contributed by atoms with Crippen LogP contribution >= 0.6 is 0 Å². The molecule has 2 unspecified atom stereocenters. The van der Waals surface area contributed by atoms with Crippen LogP contribution in [-0.4, -0.2) is 69.6 Å². The van der Waals surface area contributed by atoms with Crippen molar-refractivity contribution in [3.63, 3.8) is 0 Å². The van der Waals surface area contributed by atoms with Gasteiger partial charge in [-0.25, -0.2) is 0 Å². The number of rotatable bonds is 12. The van der Waals surface area contributed by atoms with E-state index in [1.54, 1.807) is 0 Å². The van der Waals surface area contributed by atoms with Gasteiger partial charge in [0.15, 0.2) is 6.10 Å². The summed E-state index contributed by atoms with van der Waals surface area (Å²) in [5.74, 6) is 0. The highest BCUT2D eigenvalue weighted by molar-refractivity contribution is 4.61. The van der Waals surface area contributed by atoms with Crippen LogP contribution in [0.2, 0.25) is 0 Å². The number of halogens is 2. The number of quaternary nitrogens is 2. The number of unbranched alkanes of at least 4 members (excludes halogenated alkanes) is 5. The first-order valence-corrected chi connectivity index (χ1v) is 9.27. The van der Waals surface area contributed by atoms with Gasteiger partial charge in [0.25, 0.3) is 0 Å². The molecule has 24 heavy (non-hydrogen) atoms. The summed E-state index contributed by atoms with van der Waals surface area (Å²) in [6.45, 7) is 6.76. The maximum absolute atomic E-state index is 6.36. The van der Waals surface area contributed by atoms with E-state index in [4.69, 9.17) is 4.74 Å². The van der Waals surface area contributed by atoms with Gasteiger partial charge >= 0.3 is 0 Å². The smallest absolute Gasteiger partial charge is 0.241 e. The lowest BCUT2D eigenvalue weighted by molar-refractivity contribution is -1.09. The fourth-order valence-corrected chi connectivity index (χ4v) is 4.02. The van der Waals surface area contributed by atoms with Crippen LogP contribution in [0.4, 0.5) is 0 Å². The Kier molecular flexibility index (Phi) is 16.6. The van der Waals surface area contributed by atoms with Gasteiger partial charge in [0.05, 0.1) is 48.4 Å². The van der Waals surface area contributed by atoms with Crippen LogP contribution in [0.3, 0.4) is 0 Å². The Morgan fingerprint density at radius 3 is 1.54 bits per heavy atom. The minimum absolute atomic E-state index is 0. The normalized spacial score (nSPS) is 14.8. The third kappa shape index (κ3) is 12.8. The molecule has 0 aliphatic carbocycles. The molecular weight excluding hydrogens is 343 g/mol. The van der Waals surface area contributed by atoms with Crippen molar-refractivity contribution >= 4 is 0 Å². The molecule has 0 aromatic heterocycles.